The fraction of sp³-hybridized carbons (Fsp3) is 0.692. The van der Waals surface area contributed by atoms with E-state index in [1.54, 1.807) is 0 Å². The van der Waals surface area contributed by atoms with E-state index in [0.29, 0.717) is 5.41 Å². The summed E-state index contributed by atoms with van der Waals surface area (Å²) in [6.45, 7) is 12.4. The minimum absolute atomic E-state index is 0.211. The van der Waals surface area contributed by atoms with Crippen LogP contribution in [-0.4, -0.2) is 5.54 Å². The molecule has 0 unspecified atom stereocenters. The van der Waals surface area contributed by atoms with Gasteiger partial charge in [0.15, 0.2) is 0 Å². The number of hydrogen-bond donors (Lipinski definition) is 1. The second-order valence-electron chi connectivity index (χ2n) is 6.05. The maximum absolute atomic E-state index is 3.63. The summed E-state index contributed by atoms with van der Waals surface area (Å²) in [7, 11) is 0. The van der Waals surface area contributed by atoms with Crippen LogP contribution in [-0.2, 0) is 6.54 Å². The number of thiophene rings is 1. The van der Waals surface area contributed by atoms with Crippen LogP contribution in [0.2, 0.25) is 0 Å². The molecule has 0 aromatic carbocycles. The summed E-state index contributed by atoms with van der Waals surface area (Å²) < 4.78 is 0. The normalized spacial score (nSPS) is 13.1. The summed E-state index contributed by atoms with van der Waals surface area (Å²) >= 11 is 1.82. The molecule has 15 heavy (non-hydrogen) atoms. The van der Waals surface area contributed by atoms with E-state index in [-0.39, 0.29) is 5.54 Å². The molecule has 0 radical (unpaired) electrons. The Morgan fingerprint density at radius 3 is 2.33 bits per heavy atom. The molecule has 0 aliphatic rings. The van der Waals surface area contributed by atoms with Gasteiger partial charge in [-0.05, 0) is 37.1 Å². The molecule has 0 atom stereocenters. The second-order valence-corrected chi connectivity index (χ2v) is 7.09. The molecule has 2 heteroatoms. The van der Waals surface area contributed by atoms with Crippen molar-refractivity contribution in [3.8, 4) is 0 Å². The lowest BCUT2D eigenvalue weighted by Gasteiger charge is -2.33. The summed E-state index contributed by atoms with van der Waals surface area (Å²) in [5, 5.41) is 5.76. The molecular formula is C13H23NS. The van der Waals surface area contributed by atoms with Crippen molar-refractivity contribution >= 4 is 11.3 Å². The topological polar surface area (TPSA) is 12.0 Å². The Morgan fingerprint density at radius 2 is 1.87 bits per heavy atom. The standard InChI is InChI=1S/C13H23NS/c1-12(2,3)10-13(4,5)14-9-11-7-6-8-15-11/h6-8,14H,9-10H2,1-5H3. The van der Waals surface area contributed by atoms with Crippen LogP contribution in [0, 0.1) is 5.41 Å². The van der Waals surface area contributed by atoms with Gasteiger partial charge < -0.3 is 5.32 Å². The highest BCUT2D eigenvalue weighted by Gasteiger charge is 2.24. The van der Waals surface area contributed by atoms with E-state index in [4.69, 9.17) is 0 Å². The predicted molar refractivity (Wildman–Crippen MR) is 69.3 cm³/mol. The highest BCUT2D eigenvalue weighted by molar-refractivity contribution is 7.09. The van der Waals surface area contributed by atoms with Gasteiger partial charge in [0.2, 0.25) is 0 Å². The minimum Gasteiger partial charge on any atom is -0.307 e. The van der Waals surface area contributed by atoms with Crippen molar-refractivity contribution in [3.05, 3.63) is 22.4 Å². The SMILES string of the molecule is CC(C)(C)CC(C)(C)NCc1cccs1. The third-order valence-corrected chi connectivity index (χ3v) is 3.17. The van der Waals surface area contributed by atoms with Crippen LogP contribution in [0.15, 0.2) is 17.5 Å². The van der Waals surface area contributed by atoms with Crippen molar-refractivity contribution in [2.45, 2.75) is 53.1 Å². The fourth-order valence-electron chi connectivity index (χ4n) is 2.13. The third kappa shape index (κ3) is 5.33. The Bertz CT molecular complexity index is 280. The maximum Gasteiger partial charge on any atom is 0.0304 e. The highest BCUT2D eigenvalue weighted by atomic mass is 32.1. The molecule has 1 heterocycles. The number of hydrogen-bond acceptors (Lipinski definition) is 2. The van der Waals surface area contributed by atoms with Crippen molar-refractivity contribution in [3.63, 3.8) is 0 Å². The molecule has 0 saturated heterocycles. The molecule has 1 nitrogen and oxygen atoms in total. The fourth-order valence-corrected chi connectivity index (χ4v) is 2.77. The van der Waals surface area contributed by atoms with Gasteiger partial charge in [-0.15, -0.1) is 11.3 Å². The smallest absolute Gasteiger partial charge is 0.0304 e. The lowest BCUT2D eigenvalue weighted by atomic mass is 9.82. The zero-order valence-corrected chi connectivity index (χ0v) is 11.4. The van der Waals surface area contributed by atoms with Gasteiger partial charge in [-0.3, -0.25) is 0 Å². The average Bonchev–Trinajstić information content (AvgIpc) is 2.47. The van der Waals surface area contributed by atoms with Crippen LogP contribution in [0.3, 0.4) is 0 Å². The van der Waals surface area contributed by atoms with Crippen molar-refractivity contribution in [2.75, 3.05) is 0 Å². The van der Waals surface area contributed by atoms with Gasteiger partial charge in [0.05, 0.1) is 0 Å². The van der Waals surface area contributed by atoms with Gasteiger partial charge in [-0.25, -0.2) is 0 Å². The number of rotatable bonds is 4. The molecule has 0 fully saturated rings. The van der Waals surface area contributed by atoms with Crippen LogP contribution in [0.1, 0.15) is 45.9 Å². The summed E-state index contributed by atoms with van der Waals surface area (Å²) in [6, 6.07) is 4.29. The van der Waals surface area contributed by atoms with E-state index < -0.39 is 0 Å². The minimum atomic E-state index is 0.211. The first-order valence-electron chi connectivity index (χ1n) is 5.56. The van der Waals surface area contributed by atoms with E-state index in [0.717, 1.165) is 6.54 Å². The van der Waals surface area contributed by atoms with Crippen molar-refractivity contribution in [1.82, 2.24) is 5.32 Å². The molecule has 86 valence electrons. The van der Waals surface area contributed by atoms with Crippen molar-refractivity contribution < 1.29 is 0 Å². The Labute approximate surface area is 97.9 Å². The molecule has 1 aromatic heterocycles. The highest BCUT2D eigenvalue weighted by Crippen LogP contribution is 2.27. The lowest BCUT2D eigenvalue weighted by Crippen LogP contribution is -2.41. The molecular weight excluding hydrogens is 202 g/mol. The maximum atomic E-state index is 3.63. The van der Waals surface area contributed by atoms with Gasteiger partial charge >= 0.3 is 0 Å². The third-order valence-electron chi connectivity index (χ3n) is 2.29. The summed E-state index contributed by atoms with van der Waals surface area (Å²) in [5.41, 5.74) is 0.591. The first-order chi connectivity index (χ1) is 6.79. The van der Waals surface area contributed by atoms with Crippen molar-refractivity contribution in [2.24, 2.45) is 5.41 Å². The van der Waals surface area contributed by atoms with E-state index >= 15 is 0 Å². The van der Waals surface area contributed by atoms with Crippen LogP contribution in [0.4, 0.5) is 0 Å². The molecule has 1 N–H and O–H groups in total. The predicted octanol–water partition coefficient (Wildman–Crippen LogP) is 4.05. The summed E-state index contributed by atoms with van der Waals surface area (Å²) in [4.78, 5) is 1.41. The van der Waals surface area contributed by atoms with Crippen LogP contribution >= 0.6 is 11.3 Å². The molecule has 0 spiro atoms. The molecule has 1 rings (SSSR count). The van der Waals surface area contributed by atoms with Gasteiger partial charge in [0, 0.05) is 17.0 Å². The quantitative estimate of drug-likeness (QED) is 0.815. The second kappa shape index (κ2) is 4.67. The Kier molecular flexibility index (Phi) is 3.96. The lowest BCUT2D eigenvalue weighted by molar-refractivity contribution is 0.241. The molecule has 0 aliphatic carbocycles. The first-order valence-corrected chi connectivity index (χ1v) is 6.44. The van der Waals surface area contributed by atoms with E-state index in [1.165, 1.54) is 11.3 Å². The molecule has 0 bridgehead atoms. The average molecular weight is 225 g/mol. The van der Waals surface area contributed by atoms with Gasteiger partial charge in [0.1, 0.15) is 0 Å². The van der Waals surface area contributed by atoms with Crippen LogP contribution < -0.4 is 5.32 Å². The van der Waals surface area contributed by atoms with Crippen molar-refractivity contribution in [1.29, 1.82) is 0 Å². The van der Waals surface area contributed by atoms with Crippen LogP contribution in [0.5, 0.6) is 0 Å². The Balaban J connectivity index is 2.43. The Morgan fingerprint density at radius 1 is 1.20 bits per heavy atom. The number of nitrogens with one attached hydrogen (secondary N) is 1. The first kappa shape index (κ1) is 12.7. The molecule has 1 aromatic rings. The van der Waals surface area contributed by atoms with E-state index in [9.17, 15) is 0 Å². The Hall–Kier alpha value is -0.340. The zero-order chi connectivity index (χ0) is 11.5. The van der Waals surface area contributed by atoms with Gasteiger partial charge in [0.25, 0.3) is 0 Å². The summed E-state index contributed by atoms with van der Waals surface area (Å²) in [5.74, 6) is 0. The largest absolute Gasteiger partial charge is 0.307 e. The molecule has 0 amide bonds. The van der Waals surface area contributed by atoms with Gasteiger partial charge in [-0.2, -0.15) is 0 Å². The summed E-state index contributed by atoms with van der Waals surface area (Å²) in [6.07, 6.45) is 1.19. The van der Waals surface area contributed by atoms with E-state index in [2.05, 4.69) is 57.4 Å². The zero-order valence-electron chi connectivity index (χ0n) is 10.6. The van der Waals surface area contributed by atoms with Gasteiger partial charge in [-0.1, -0.05) is 26.8 Å². The van der Waals surface area contributed by atoms with Crippen LogP contribution in [0.25, 0.3) is 0 Å². The molecule has 0 aliphatic heterocycles. The molecule has 0 saturated carbocycles. The van der Waals surface area contributed by atoms with E-state index in [1.807, 2.05) is 11.3 Å². The monoisotopic (exact) mass is 225 g/mol.